The van der Waals surface area contributed by atoms with E-state index in [0.29, 0.717) is 6.42 Å². The molecule has 1 unspecified atom stereocenters. The number of hydrogen-bond donors (Lipinski definition) is 1. The molecule has 53 valence electrons. The van der Waals surface area contributed by atoms with E-state index in [4.69, 9.17) is 6.58 Å². The minimum atomic E-state index is -0.764. The molecule has 1 atom stereocenters. The fraction of sp³-hybridized carbons (Fsp3) is 0.750. The van der Waals surface area contributed by atoms with Gasteiger partial charge in [0.1, 0.15) is 0 Å². The third-order valence-corrected chi connectivity index (χ3v) is 1.85. The van der Waals surface area contributed by atoms with Gasteiger partial charge in [-0.2, -0.15) is 0 Å². The summed E-state index contributed by atoms with van der Waals surface area (Å²) in [7, 11) is 0. The van der Waals surface area contributed by atoms with Crippen LogP contribution in [0.4, 0.5) is 0 Å². The molecule has 0 spiro atoms. The van der Waals surface area contributed by atoms with Crippen molar-refractivity contribution in [2.45, 2.75) is 32.8 Å². The minimum Gasteiger partial charge on any atom is -0.386 e. The van der Waals surface area contributed by atoms with Crippen LogP contribution in [0.15, 0.2) is 6.08 Å². The lowest BCUT2D eigenvalue weighted by Crippen LogP contribution is -2.30. The first-order chi connectivity index (χ1) is 4.06. The van der Waals surface area contributed by atoms with Gasteiger partial charge in [0, 0.05) is 0 Å². The van der Waals surface area contributed by atoms with E-state index in [0.717, 1.165) is 0 Å². The van der Waals surface area contributed by atoms with Crippen molar-refractivity contribution in [1.29, 1.82) is 0 Å². The topological polar surface area (TPSA) is 20.2 Å². The normalized spacial score (nSPS) is 17.4. The highest BCUT2D eigenvalue weighted by Crippen LogP contribution is 2.20. The standard InChI is InChI=1S/C8H15O/c1-5-8(9,6-2)7(3)4/h1,5,7,9H,6H2,2-4H3. The van der Waals surface area contributed by atoms with Crippen molar-refractivity contribution >= 4 is 0 Å². The Kier molecular flexibility index (Phi) is 2.92. The first-order valence-electron chi connectivity index (χ1n) is 3.35. The Hall–Kier alpha value is -0.300. The highest BCUT2D eigenvalue weighted by Gasteiger charge is 2.23. The van der Waals surface area contributed by atoms with Gasteiger partial charge in [-0.1, -0.05) is 33.4 Å². The lowest BCUT2D eigenvalue weighted by atomic mass is 9.88. The molecule has 9 heavy (non-hydrogen) atoms. The van der Waals surface area contributed by atoms with Crippen molar-refractivity contribution in [2.24, 2.45) is 5.92 Å². The first kappa shape index (κ1) is 8.70. The Morgan fingerprint density at radius 3 is 2.11 bits per heavy atom. The molecule has 1 radical (unpaired) electrons. The molecule has 0 aromatic carbocycles. The molecule has 1 nitrogen and oxygen atoms in total. The predicted octanol–water partition coefficient (Wildman–Crippen LogP) is 1.77. The Labute approximate surface area is 57.4 Å². The van der Waals surface area contributed by atoms with Gasteiger partial charge in [0.05, 0.1) is 5.60 Å². The van der Waals surface area contributed by atoms with Gasteiger partial charge < -0.3 is 5.11 Å². The molecule has 0 fully saturated rings. The van der Waals surface area contributed by atoms with Gasteiger partial charge in [-0.3, -0.25) is 0 Å². The van der Waals surface area contributed by atoms with Gasteiger partial charge in [-0.25, -0.2) is 0 Å². The van der Waals surface area contributed by atoms with E-state index in [9.17, 15) is 5.11 Å². The van der Waals surface area contributed by atoms with Crippen molar-refractivity contribution < 1.29 is 5.11 Å². The van der Waals surface area contributed by atoms with E-state index >= 15 is 0 Å². The van der Waals surface area contributed by atoms with E-state index in [-0.39, 0.29) is 5.92 Å². The van der Waals surface area contributed by atoms with Gasteiger partial charge in [-0.15, -0.1) is 0 Å². The van der Waals surface area contributed by atoms with Gasteiger partial charge in [0.15, 0.2) is 0 Å². The Bertz CT molecular complexity index is 96.7. The Morgan fingerprint density at radius 2 is 2.11 bits per heavy atom. The Morgan fingerprint density at radius 1 is 1.67 bits per heavy atom. The summed E-state index contributed by atoms with van der Waals surface area (Å²) in [5.74, 6) is 0.201. The molecule has 0 aliphatic heterocycles. The second-order valence-corrected chi connectivity index (χ2v) is 2.67. The minimum absolute atomic E-state index is 0.201. The number of rotatable bonds is 3. The smallest absolute Gasteiger partial charge is 0.0850 e. The van der Waals surface area contributed by atoms with Crippen molar-refractivity contribution in [3.8, 4) is 0 Å². The van der Waals surface area contributed by atoms with E-state index in [1.54, 1.807) is 0 Å². The zero-order valence-corrected chi connectivity index (χ0v) is 6.39. The predicted molar refractivity (Wildman–Crippen MR) is 38.9 cm³/mol. The molecule has 0 bridgehead atoms. The second-order valence-electron chi connectivity index (χ2n) is 2.67. The molecule has 0 heterocycles. The summed E-state index contributed by atoms with van der Waals surface area (Å²) < 4.78 is 0. The highest BCUT2D eigenvalue weighted by atomic mass is 16.3. The molecular weight excluding hydrogens is 112 g/mol. The van der Waals surface area contributed by atoms with Crippen molar-refractivity contribution in [2.75, 3.05) is 0 Å². The zero-order valence-electron chi connectivity index (χ0n) is 6.39. The monoisotopic (exact) mass is 127 g/mol. The molecule has 0 rings (SSSR count). The SMILES string of the molecule is [CH]=CC(O)(CC)C(C)C. The molecule has 0 saturated heterocycles. The van der Waals surface area contributed by atoms with Gasteiger partial charge >= 0.3 is 0 Å². The fourth-order valence-corrected chi connectivity index (χ4v) is 0.719. The van der Waals surface area contributed by atoms with E-state index < -0.39 is 5.60 Å². The van der Waals surface area contributed by atoms with Crippen LogP contribution in [0.1, 0.15) is 27.2 Å². The summed E-state index contributed by atoms with van der Waals surface area (Å²) in [6.07, 6.45) is 2.05. The van der Waals surface area contributed by atoms with E-state index in [1.165, 1.54) is 6.08 Å². The fourth-order valence-electron chi connectivity index (χ4n) is 0.719. The summed E-state index contributed by atoms with van der Waals surface area (Å²) >= 11 is 0. The van der Waals surface area contributed by atoms with Crippen LogP contribution in [-0.4, -0.2) is 10.7 Å². The van der Waals surface area contributed by atoms with E-state index in [1.807, 2.05) is 20.8 Å². The van der Waals surface area contributed by atoms with Crippen LogP contribution in [0, 0.1) is 12.5 Å². The third kappa shape index (κ3) is 1.83. The zero-order chi connectivity index (χ0) is 7.49. The van der Waals surface area contributed by atoms with Crippen LogP contribution in [0.5, 0.6) is 0 Å². The number of aliphatic hydroxyl groups is 1. The van der Waals surface area contributed by atoms with Crippen LogP contribution in [-0.2, 0) is 0 Å². The van der Waals surface area contributed by atoms with Crippen molar-refractivity contribution in [3.63, 3.8) is 0 Å². The molecule has 0 saturated carbocycles. The maximum atomic E-state index is 9.53. The molecule has 1 N–H and O–H groups in total. The van der Waals surface area contributed by atoms with Gasteiger partial charge in [-0.05, 0) is 12.3 Å². The third-order valence-electron chi connectivity index (χ3n) is 1.85. The largest absolute Gasteiger partial charge is 0.386 e. The first-order valence-corrected chi connectivity index (χ1v) is 3.35. The summed E-state index contributed by atoms with van der Waals surface area (Å²) in [5.41, 5.74) is -0.764. The van der Waals surface area contributed by atoms with Crippen LogP contribution in [0.25, 0.3) is 0 Å². The van der Waals surface area contributed by atoms with Crippen LogP contribution in [0.2, 0.25) is 0 Å². The van der Waals surface area contributed by atoms with E-state index in [2.05, 4.69) is 0 Å². The summed E-state index contributed by atoms with van der Waals surface area (Å²) in [6.45, 7) is 11.1. The molecule has 0 aromatic rings. The molecule has 0 amide bonds. The molecule has 0 aliphatic carbocycles. The molecule has 0 aliphatic rings. The average molecular weight is 127 g/mol. The average Bonchev–Trinajstić information content (AvgIpc) is 1.86. The maximum Gasteiger partial charge on any atom is 0.0850 e. The van der Waals surface area contributed by atoms with Gasteiger partial charge in [0.2, 0.25) is 0 Å². The molecular formula is C8H15O. The summed E-state index contributed by atoms with van der Waals surface area (Å²) in [4.78, 5) is 0. The second kappa shape index (κ2) is 3.02. The van der Waals surface area contributed by atoms with Crippen molar-refractivity contribution in [3.05, 3.63) is 12.7 Å². The van der Waals surface area contributed by atoms with Crippen LogP contribution >= 0.6 is 0 Å². The quantitative estimate of drug-likeness (QED) is 0.612. The van der Waals surface area contributed by atoms with Crippen LogP contribution < -0.4 is 0 Å². The van der Waals surface area contributed by atoms with Crippen LogP contribution in [0.3, 0.4) is 0 Å². The lowest BCUT2D eigenvalue weighted by molar-refractivity contribution is 0.0396. The van der Waals surface area contributed by atoms with Crippen molar-refractivity contribution in [1.82, 2.24) is 0 Å². The molecule has 0 aromatic heterocycles. The maximum absolute atomic E-state index is 9.53. The Balaban J connectivity index is 4.08. The summed E-state index contributed by atoms with van der Waals surface area (Å²) in [6, 6.07) is 0. The lowest BCUT2D eigenvalue weighted by Gasteiger charge is -2.26. The number of hydrogen-bond acceptors (Lipinski definition) is 1. The summed E-state index contributed by atoms with van der Waals surface area (Å²) in [5, 5.41) is 9.53. The highest BCUT2D eigenvalue weighted by molar-refractivity contribution is 4.94. The molecule has 1 heteroatoms. The van der Waals surface area contributed by atoms with Gasteiger partial charge in [0.25, 0.3) is 0 Å².